The second-order valence-corrected chi connectivity index (χ2v) is 6.60. The number of carbonyl (C=O) groups is 1. The Morgan fingerprint density at radius 2 is 2.08 bits per heavy atom. The molecule has 1 atom stereocenters. The van der Waals surface area contributed by atoms with Gasteiger partial charge in [-0.05, 0) is 38.7 Å². The van der Waals surface area contributed by atoms with Gasteiger partial charge in [0.2, 0.25) is 0 Å². The van der Waals surface area contributed by atoms with Gasteiger partial charge in [-0.25, -0.2) is 0 Å². The summed E-state index contributed by atoms with van der Waals surface area (Å²) in [7, 11) is 1.86. The molecule has 0 saturated heterocycles. The predicted octanol–water partition coefficient (Wildman–Crippen LogP) is 3.52. The van der Waals surface area contributed by atoms with E-state index in [-0.39, 0.29) is 17.6 Å². The van der Waals surface area contributed by atoms with E-state index >= 15 is 0 Å². The fraction of sp³-hybridized carbons (Fsp3) is 0.350. The molecule has 0 radical (unpaired) electrons. The largest absolute Gasteiger partial charge is 0.355 e. The van der Waals surface area contributed by atoms with Gasteiger partial charge >= 0.3 is 0 Å². The summed E-state index contributed by atoms with van der Waals surface area (Å²) >= 11 is 0. The van der Waals surface area contributed by atoms with Crippen molar-refractivity contribution in [3.05, 3.63) is 59.5 Å². The first kappa shape index (κ1) is 17.9. The van der Waals surface area contributed by atoms with Crippen molar-refractivity contribution in [2.24, 2.45) is 7.05 Å². The molecule has 2 aromatic heterocycles. The van der Waals surface area contributed by atoms with Crippen molar-refractivity contribution < 1.29 is 9.32 Å². The molecule has 6 nitrogen and oxygen atoms in total. The Bertz CT molecular complexity index is 867. The van der Waals surface area contributed by atoms with Crippen LogP contribution in [-0.4, -0.2) is 26.9 Å². The van der Waals surface area contributed by atoms with E-state index in [0.717, 1.165) is 30.5 Å². The third kappa shape index (κ3) is 4.20. The molecule has 3 rings (SSSR count). The Balaban J connectivity index is 1.52. The number of nitrogens with one attached hydrogen (secondary N) is 1. The smallest absolute Gasteiger partial charge is 0.273 e. The minimum Gasteiger partial charge on any atom is -0.355 e. The molecule has 1 aromatic carbocycles. The van der Waals surface area contributed by atoms with Crippen molar-refractivity contribution in [3.8, 4) is 11.3 Å². The Morgan fingerprint density at radius 3 is 2.77 bits per heavy atom. The van der Waals surface area contributed by atoms with Gasteiger partial charge in [0.1, 0.15) is 0 Å². The molecule has 0 saturated carbocycles. The fourth-order valence-electron chi connectivity index (χ4n) is 2.88. The number of aryl methyl sites for hydroxylation is 2. The van der Waals surface area contributed by atoms with Crippen LogP contribution in [0.4, 0.5) is 0 Å². The molecular weight excluding hydrogens is 328 g/mol. The minimum absolute atomic E-state index is 0.0755. The maximum absolute atomic E-state index is 12.4. The van der Waals surface area contributed by atoms with Crippen LogP contribution in [0.1, 0.15) is 41.5 Å². The average Bonchev–Trinajstić information content (AvgIpc) is 3.24. The van der Waals surface area contributed by atoms with E-state index in [9.17, 15) is 4.79 Å². The van der Waals surface area contributed by atoms with Crippen molar-refractivity contribution in [1.82, 2.24) is 20.3 Å². The first-order valence-corrected chi connectivity index (χ1v) is 8.85. The van der Waals surface area contributed by atoms with Crippen molar-refractivity contribution >= 4 is 5.91 Å². The molecule has 6 heteroatoms. The van der Waals surface area contributed by atoms with Gasteiger partial charge in [-0.1, -0.05) is 35.5 Å². The summed E-state index contributed by atoms with van der Waals surface area (Å²) in [5, 5.41) is 11.1. The third-order valence-corrected chi connectivity index (χ3v) is 4.57. The number of rotatable bonds is 7. The van der Waals surface area contributed by atoms with Gasteiger partial charge in [0, 0.05) is 24.8 Å². The summed E-state index contributed by atoms with van der Waals surface area (Å²) in [5.74, 6) is 0.339. The zero-order valence-corrected chi connectivity index (χ0v) is 15.4. The number of aromatic nitrogens is 3. The summed E-state index contributed by atoms with van der Waals surface area (Å²) in [6, 6.07) is 12.1. The van der Waals surface area contributed by atoms with Crippen LogP contribution in [0.15, 0.2) is 47.1 Å². The van der Waals surface area contributed by atoms with Gasteiger partial charge in [-0.15, -0.1) is 0 Å². The van der Waals surface area contributed by atoms with E-state index in [1.807, 2.05) is 39.1 Å². The highest BCUT2D eigenvalue weighted by atomic mass is 16.5. The van der Waals surface area contributed by atoms with E-state index < -0.39 is 0 Å². The molecule has 0 aliphatic carbocycles. The van der Waals surface area contributed by atoms with Crippen LogP contribution in [0, 0.1) is 6.92 Å². The van der Waals surface area contributed by atoms with E-state index in [1.54, 1.807) is 16.9 Å². The number of benzene rings is 1. The highest BCUT2D eigenvalue weighted by Crippen LogP contribution is 2.23. The topological polar surface area (TPSA) is 73.0 Å². The van der Waals surface area contributed by atoms with E-state index in [0.29, 0.717) is 5.76 Å². The van der Waals surface area contributed by atoms with Crippen LogP contribution in [0.5, 0.6) is 0 Å². The summed E-state index contributed by atoms with van der Waals surface area (Å²) in [6.07, 6.45) is 4.65. The van der Waals surface area contributed by atoms with Gasteiger partial charge in [0.05, 0.1) is 11.8 Å². The van der Waals surface area contributed by atoms with Crippen molar-refractivity contribution in [2.45, 2.75) is 39.2 Å². The molecule has 0 bridgehead atoms. The number of hydrogen-bond donors (Lipinski definition) is 1. The number of hydrogen-bond acceptors (Lipinski definition) is 4. The molecule has 0 fully saturated rings. The van der Waals surface area contributed by atoms with Gasteiger partial charge < -0.3 is 9.84 Å². The van der Waals surface area contributed by atoms with Gasteiger partial charge in [-0.3, -0.25) is 9.48 Å². The third-order valence-electron chi connectivity index (χ3n) is 4.57. The highest BCUT2D eigenvalue weighted by Gasteiger charge is 2.18. The van der Waals surface area contributed by atoms with E-state index in [4.69, 9.17) is 4.52 Å². The predicted molar refractivity (Wildman–Crippen MR) is 99.8 cm³/mol. The Morgan fingerprint density at radius 1 is 1.31 bits per heavy atom. The minimum atomic E-state index is -0.214. The van der Waals surface area contributed by atoms with E-state index in [1.165, 1.54) is 5.56 Å². The molecule has 136 valence electrons. The molecular formula is C20H24N4O2. The highest BCUT2D eigenvalue weighted by molar-refractivity contribution is 5.93. The lowest BCUT2D eigenvalue weighted by Gasteiger charge is -2.12. The molecule has 2 heterocycles. The molecule has 26 heavy (non-hydrogen) atoms. The summed E-state index contributed by atoms with van der Waals surface area (Å²) in [5.41, 5.74) is 3.41. The van der Waals surface area contributed by atoms with Crippen LogP contribution in [0.3, 0.4) is 0 Å². The average molecular weight is 352 g/mol. The lowest BCUT2D eigenvalue weighted by atomic mass is 10.1. The van der Waals surface area contributed by atoms with Gasteiger partial charge in [0.15, 0.2) is 11.5 Å². The number of nitrogens with zero attached hydrogens (tertiary/aromatic N) is 3. The summed E-state index contributed by atoms with van der Waals surface area (Å²) in [6.45, 7) is 3.95. The standard InChI is InChI=1S/C20H24N4O2/c1-14(8-7-11-16-9-5-4-6-10-16)22-20(25)18-12-19(26-23-18)17-13-21-24(3)15(17)2/h4-6,9-10,12-14H,7-8,11H2,1-3H3,(H,22,25)/t14-/m0/s1. The van der Waals surface area contributed by atoms with Crippen LogP contribution >= 0.6 is 0 Å². The van der Waals surface area contributed by atoms with Crippen LogP contribution in [-0.2, 0) is 13.5 Å². The lowest BCUT2D eigenvalue weighted by molar-refractivity contribution is 0.0929. The Labute approximate surface area is 153 Å². The quantitative estimate of drug-likeness (QED) is 0.706. The molecule has 0 aliphatic heterocycles. The van der Waals surface area contributed by atoms with Crippen molar-refractivity contribution in [2.75, 3.05) is 0 Å². The second-order valence-electron chi connectivity index (χ2n) is 6.60. The van der Waals surface area contributed by atoms with Gasteiger partial charge in [0.25, 0.3) is 5.91 Å². The fourth-order valence-corrected chi connectivity index (χ4v) is 2.88. The number of amides is 1. The van der Waals surface area contributed by atoms with Crippen LogP contribution in [0.25, 0.3) is 11.3 Å². The first-order valence-electron chi connectivity index (χ1n) is 8.85. The molecule has 0 spiro atoms. The summed E-state index contributed by atoms with van der Waals surface area (Å²) in [4.78, 5) is 12.4. The monoisotopic (exact) mass is 352 g/mol. The van der Waals surface area contributed by atoms with Crippen LogP contribution in [0.2, 0.25) is 0 Å². The molecule has 1 N–H and O–H groups in total. The second kappa shape index (κ2) is 7.99. The zero-order valence-electron chi connectivity index (χ0n) is 15.4. The Kier molecular flexibility index (Phi) is 5.51. The SMILES string of the molecule is Cc1c(-c2cc(C(=O)N[C@@H](C)CCCc3ccccc3)no2)cnn1C. The maximum Gasteiger partial charge on any atom is 0.273 e. The normalized spacial score (nSPS) is 12.1. The van der Waals surface area contributed by atoms with Crippen molar-refractivity contribution in [1.29, 1.82) is 0 Å². The first-order chi connectivity index (χ1) is 12.5. The molecule has 1 amide bonds. The lowest BCUT2D eigenvalue weighted by Crippen LogP contribution is -2.32. The molecule has 0 aliphatic rings. The van der Waals surface area contributed by atoms with E-state index in [2.05, 4.69) is 27.7 Å². The number of carbonyl (C=O) groups excluding carboxylic acids is 1. The maximum atomic E-state index is 12.4. The Hall–Kier alpha value is -2.89. The summed E-state index contributed by atoms with van der Waals surface area (Å²) < 4.78 is 7.08. The molecule has 0 unspecified atom stereocenters. The van der Waals surface area contributed by atoms with Gasteiger partial charge in [-0.2, -0.15) is 5.10 Å². The van der Waals surface area contributed by atoms with Crippen molar-refractivity contribution in [3.63, 3.8) is 0 Å². The zero-order chi connectivity index (χ0) is 18.5. The molecule has 3 aromatic rings. The van der Waals surface area contributed by atoms with Crippen LogP contribution < -0.4 is 5.32 Å².